The summed E-state index contributed by atoms with van der Waals surface area (Å²) >= 11 is 0. The highest BCUT2D eigenvalue weighted by Crippen LogP contribution is 2.47. The van der Waals surface area contributed by atoms with Crippen LogP contribution in [0.2, 0.25) is 0 Å². The first-order valence-corrected chi connectivity index (χ1v) is 32.4. The van der Waals surface area contributed by atoms with E-state index in [2.05, 4.69) is 15.0 Å². The molecular formula is C81H63F15N6. The molecule has 0 amide bonds. The summed E-state index contributed by atoms with van der Waals surface area (Å²) in [4.78, 5) is 24.2. The monoisotopic (exact) mass is 1400 g/mol. The lowest BCUT2D eigenvalue weighted by Crippen LogP contribution is -2.30. The molecule has 0 saturated carbocycles. The van der Waals surface area contributed by atoms with E-state index >= 15 is 52.7 Å². The summed E-state index contributed by atoms with van der Waals surface area (Å²) in [6, 6.07) is 30.5. The Balaban J connectivity index is 1.02. The van der Waals surface area contributed by atoms with Crippen molar-refractivity contribution < 1.29 is 65.9 Å². The first-order valence-electron chi connectivity index (χ1n) is 32.4. The Morgan fingerprint density at radius 3 is 0.647 bits per heavy atom. The topological polar surface area (TPSA) is 84.5 Å². The molecule has 0 aliphatic carbocycles. The quantitative estimate of drug-likeness (QED) is 0.0895. The van der Waals surface area contributed by atoms with Crippen molar-refractivity contribution in [1.82, 2.24) is 15.0 Å². The molecule has 0 spiro atoms. The maximum Gasteiger partial charge on any atom is 0.200 e. The van der Waals surface area contributed by atoms with Crippen LogP contribution >= 0.6 is 0 Å². The van der Waals surface area contributed by atoms with Gasteiger partial charge in [0, 0.05) is 83.4 Å². The molecule has 7 heterocycles. The van der Waals surface area contributed by atoms with Gasteiger partial charge in [-0.2, -0.15) is 0 Å². The molecule has 522 valence electrons. The van der Waals surface area contributed by atoms with Gasteiger partial charge in [0.05, 0.1) is 50.9 Å². The van der Waals surface area contributed by atoms with Crippen molar-refractivity contribution in [1.29, 1.82) is 0 Å². The fourth-order valence-electron chi connectivity index (χ4n) is 13.7. The number of hydrogen-bond acceptors (Lipinski definition) is 3. The Kier molecular flexibility index (Phi) is 16.7. The van der Waals surface area contributed by atoms with E-state index in [9.17, 15) is 13.2 Å². The van der Waals surface area contributed by atoms with Gasteiger partial charge in [-0.3, -0.25) is 15.0 Å². The summed E-state index contributed by atoms with van der Waals surface area (Å²) < 4.78 is 236. The molecule has 21 heteroatoms. The van der Waals surface area contributed by atoms with Gasteiger partial charge in [-0.05, 0) is 106 Å². The fourth-order valence-corrected chi connectivity index (χ4v) is 13.7. The van der Waals surface area contributed by atoms with Gasteiger partial charge in [0.25, 0.3) is 0 Å². The highest BCUT2D eigenvalue weighted by atomic mass is 19.2. The molecule has 9 aromatic rings. The highest BCUT2D eigenvalue weighted by molar-refractivity contribution is 6.10. The number of halogens is 15. The van der Waals surface area contributed by atoms with E-state index in [1.165, 1.54) is 36.4 Å². The largest absolute Gasteiger partial charge is 0.358 e. The SMILES string of the molecule is CC1(C)C2=N/C(=C(/c3c(F)c(F)c(F)c(F)c3F)c3ccc([nH]3)C(C)(C)c3cccc(c3)C(C)(C)C3=N/C(=C(/c4c(F)c(F)c(F)c(F)c4F)c4ccc([nH]4)C(C)(C)c4cccc(c4)C(C)(C)c4ccc([nH]4)/C(c4c(F)c(F)c(F)c(F)c4F)=C4\C=CC(=N4)C(C)(C)c4cccc1c4)C=C3)C=C2. The van der Waals surface area contributed by atoms with E-state index in [0.29, 0.717) is 50.5 Å². The summed E-state index contributed by atoms with van der Waals surface area (Å²) in [5, 5.41) is 0. The molecule has 6 nitrogen and oxygen atoms in total. The van der Waals surface area contributed by atoms with Gasteiger partial charge in [-0.25, -0.2) is 65.9 Å². The van der Waals surface area contributed by atoms with Gasteiger partial charge in [0.1, 0.15) is 0 Å². The number of rotatable bonds is 3. The summed E-state index contributed by atoms with van der Waals surface area (Å²) in [5.74, 6) is -33.2. The van der Waals surface area contributed by atoms with E-state index in [-0.39, 0.29) is 51.3 Å². The van der Waals surface area contributed by atoms with Crippen molar-refractivity contribution in [2.45, 2.75) is 116 Å². The molecule has 4 aliphatic rings. The van der Waals surface area contributed by atoms with Gasteiger partial charge >= 0.3 is 0 Å². The molecular weight excluding hydrogens is 1340 g/mol. The first kappa shape index (κ1) is 70.0. The van der Waals surface area contributed by atoms with Crippen LogP contribution in [0.3, 0.4) is 0 Å². The van der Waals surface area contributed by atoms with Crippen LogP contribution in [-0.2, 0) is 32.5 Å². The molecule has 13 rings (SSSR count). The maximum absolute atomic E-state index is 16.4. The second-order valence-electron chi connectivity index (χ2n) is 29.0. The number of allylic oxidation sites excluding steroid dienone is 6. The third-order valence-corrected chi connectivity index (χ3v) is 20.8. The molecule has 4 aliphatic heterocycles. The summed E-state index contributed by atoms with van der Waals surface area (Å²) in [7, 11) is 0. The summed E-state index contributed by atoms with van der Waals surface area (Å²) in [5.41, 5.74) is -6.95. The molecule has 0 atom stereocenters. The third-order valence-electron chi connectivity index (χ3n) is 20.8. The average molecular weight is 1410 g/mol. The van der Waals surface area contributed by atoms with Crippen molar-refractivity contribution in [3.8, 4) is 0 Å². The van der Waals surface area contributed by atoms with Crippen molar-refractivity contribution in [3.05, 3.63) is 334 Å². The molecule has 3 aromatic heterocycles. The van der Waals surface area contributed by atoms with Crippen LogP contribution in [0.1, 0.15) is 167 Å². The Morgan fingerprint density at radius 1 is 0.235 bits per heavy atom. The lowest BCUT2D eigenvalue weighted by Gasteiger charge is -2.29. The third kappa shape index (κ3) is 10.9. The number of aromatic amines is 3. The average Bonchev–Trinajstić information content (AvgIpc) is 1.73. The van der Waals surface area contributed by atoms with Crippen LogP contribution in [0, 0.1) is 87.3 Å². The number of nitrogens with zero attached hydrogens (tertiary/aromatic N) is 3. The zero-order chi connectivity index (χ0) is 73.7. The molecule has 0 unspecified atom stereocenters. The van der Waals surface area contributed by atoms with E-state index in [1.54, 1.807) is 133 Å². The van der Waals surface area contributed by atoms with Crippen LogP contribution in [0.25, 0.3) is 16.7 Å². The number of hydrogen-bond donors (Lipinski definition) is 3. The van der Waals surface area contributed by atoms with E-state index < -0.39 is 153 Å². The normalized spacial score (nSPS) is 20.1. The number of nitrogens with one attached hydrogen (secondary N) is 3. The van der Waals surface area contributed by atoms with E-state index in [0.717, 1.165) is 0 Å². The Bertz CT molecular complexity index is 5330. The van der Waals surface area contributed by atoms with E-state index in [4.69, 9.17) is 15.0 Å². The molecule has 18 bridgehead atoms. The van der Waals surface area contributed by atoms with Crippen molar-refractivity contribution >= 4 is 33.9 Å². The maximum atomic E-state index is 16.4. The molecule has 0 radical (unpaired) electrons. The van der Waals surface area contributed by atoms with Gasteiger partial charge < -0.3 is 15.0 Å². The van der Waals surface area contributed by atoms with Crippen LogP contribution < -0.4 is 0 Å². The highest BCUT2D eigenvalue weighted by Gasteiger charge is 2.41. The molecule has 3 N–H and O–H groups in total. The van der Waals surface area contributed by atoms with Gasteiger partial charge in [-0.1, -0.05) is 156 Å². The van der Waals surface area contributed by atoms with Gasteiger partial charge in [0.2, 0.25) is 17.5 Å². The van der Waals surface area contributed by atoms with Crippen LogP contribution in [0.4, 0.5) is 65.9 Å². The number of aromatic nitrogens is 3. The summed E-state index contributed by atoms with van der Waals surface area (Å²) in [6.07, 6.45) is 8.79. The van der Waals surface area contributed by atoms with Crippen molar-refractivity contribution in [2.24, 2.45) is 15.0 Å². The summed E-state index contributed by atoms with van der Waals surface area (Å²) in [6.45, 7) is 21.7. The lowest BCUT2D eigenvalue weighted by molar-refractivity contribution is 0.376. The Labute approximate surface area is 577 Å². The van der Waals surface area contributed by atoms with Crippen LogP contribution in [0.5, 0.6) is 0 Å². The smallest absolute Gasteiger partial charge is 0.200 e. The minimum atomic E-state index is -2.38. The molecule has 102 heavy (non-hydrogen) atoms. The first-order chi connectivity index (χ1) is 47.8. The number of benzene rings is 6. The second-order valence-corrected chi connectivity index (χ2v) is 29.0. The number of aliphatic imine (C=N–C) groups is 3. The van der Waals surface area contributed by atoms with Gasteiger partial charge in [0.15, 0.2) is 69.8 Å². The number of H-pyrrole nitrogens is 3. The van der Waals surface area contributed by atoms with Crippen LogP contribution in [0.15, 0.2) is 178 Å². The van der Waals surface area contributed by atoms with Crippen LogP contribution in [-0.4, -0.2) is 32.1 Å². The van der Waals surface area contributed by atoms with E-state index in [1.807, 2.05) is 59.7 Å². The molecule has 0 fully saturated rings. The fraction of sp³-hybridized carbons (Fsp3) is 0.222. The number of fused-ring (bicyclic) bond motifs is 15. The van der Waals surface area contributed by atoms with Gasteiger partial charge in [-0.15, -0.1) is 0 Å². The predicted octanol–water partition coefficient (Wildman–Crippen LogP) is 21.3. The lowest BCUT2D eigenvalue weighted by atomic mass is 9.75. The minimum Gasteiger partial charge on any atom is -0.358 e. The molecule has 0 saturated heterocycles. The second kappa shape index (κ2) is 24.4. The van der Waals surface area contributed by atoms with Crippen molar-refractivity contribution in [2.75, 3.05) is 0 Å². The standard InChI is InChI=1S/C81H63F15N6/c1-76(2)37-16-13-17-38(34-37)77(3,4)50-29-24-45(99-50)56(59-63(84)69(90)74(95)70(91)64(59)85)46-25-31-52(100-46)80(9,10)41-20-15-21-42(36-41)81(11,12)54-33-27-48(102-54)57(60-65(86)71(92)75(96)72(93)66(60)87)47-26-32-53(101-47)79(7,8)40-19-14-18-39(35-40)78(5,6)51-30-23-44(98-51)55(43-22-28-49(76)97-43)58-61(82)67(88)73(94)68(89)62(58)83/h13-36,97,99,101H,1-12H3/b55-44+,56-46-,57-48+. The Morgan fingerprint density at radius 2 is 0.431 bits per heavy atom. The van der Waals surface area contributed by atoms with Crippen molar-refractivity contribution in [3.63, 3.8) is 0 Å². The Hall–Kier alpha value is -10.4. The minimum absolute atomic E-state index is 0.0968. The zero-order valence-electron chi connectivity index (χ0n) is 56.9. The zero-order valence-corrected chi connectivity index (χ0v) is 56.9. The predicted molar refractivity (Wildman–Crippen MR) is 364 cm³/mol. The molecule has 6 aromatic carbocycles.